The van der Waals surface area contributed by atoms with Crippen molar-refractivity contribution in [3.8, 4) is 29.0 Å². The summed E-state index contributed by atoms with van der Waals surface area (Å²) in [4.78, 5) is 16.2. The number of rotatable bonds is 8. The summed E-state index contributed by atoms with van der Waals surface area (Å²) in [5.74, 6) is -6.80. The van der Waals surface area contributed by atoms with Crippen molar-refractivity contribution < 1.29 is 57.8 Å². The van der Waals surface area contributed by atoms with E-state index < -0.39 is 92.9 Å². The molecule has 2 saturated carbocycles. The average molecular weight is 915 g/mol. The van der Waals surface area contributed by atoms with E-state index in [1.54, 1.807) is 6.07 Å². The molecule has 9 rings (SSSR count). The number of thiophene rings is 1. The van der Waals surface area contributed by atoms with Crippen molar-refractivity contribution in [3.63, 3.8) is 0 Å². The van der Waals surface area contributed by atoms with Gasteiger partial charge in [0.2, 0.25) is 0 Å². The number of ether oxygens (including phenoxy) is 2. The maximum Gasteiger partial charge on any atom is 0.420 e. The number of hydrogen-bond acceptors (Lipinski definition) is 11. The minimum absolute atomic E-state index is 0.0350. The summed E-state index contributed by atoms with van der Waals surface area (Å²) in [7, 11) is 0. The molecule has 63 heavy (non-hydrogen) atoms. The molecule has 0 radical (unpaired) electrons. The predicted octanol–water partition coefficient (Wildman–Crippen LogP) is 10.0. The third-order valence-corrected chi connectivity index (χ3v) is 13.2. The minimum Gasteiger partial charge on any atom is -0.490 e. The molecule has 1 saturated heterocycles. The topological polar surface area (TPSA) is 139 Å². The molecular weight excluding hydrogens is 878 g/mol. The number of pyridine rings is 1. The Labute approximate surface area is 355 Å². The number of halogens is 11. The first kappa shape index (κ1) is 44.2. The molecule has 4 N–H and O–H groups in total. The van der Waals surface area contributed by atoms with Gasteiger partial charge >= 0.3 is 18.4 Å². The van der Waals surface area contributed by atoms with Gasteiger partial charge in [-0.3, -0.25) is 0 Å². The number of alkyl halides is 8. The summed E-state index contributed by atoms with van der Waals surface area (Å²) in [6, 6.07) is 4.35. The number of fused-ring (bicyclic) bond motifs is 1. The third-order valence-electron chi connectivity index (χ3n) is 12.2. The average Bonchev–Trinajstić information content (AvgIpc) is 4.07. The highest BCUT2D eigenvalue weighted by atomic mass is 32.1. The largest absolute Gasteiger partial charge is 0.490 e. The minimum atomic E-state index is -5.28. The Bertz CT molecular complexity index is 2650. The molecule has 5 aromatic rings. The van der Waals surface area contributed by atoms with E-state index in [1.165, 1.54) is 4.90 Å². The molecule has 0 atom stereocenters. The lowest BCUT2D eigenvalue weighted by Crippen LogP contribution is -2.41. The van der Waals surface area contributed by atoms with Crippen LogP contribution < -0.4 is 25.8 Å². The van der Waals surface area contributed by atoms with Crippen LogP contribution in [0.4, 0.5) is 64.9 Å². The molecule has 0 unspecified atom stereocenters. The van der Waals surface area contributed by atoms with Crippen LogP contribution in [0.25, 0.3) is 32.1 Å². The summed E-state index contributed by atoms with van der Waals surface area (Å²) >= 11 is 0.638. The summed E-state index contributed by atoms with van der Waals surface area (Å²) < 4.78 is 165. The van der Waals surface area contributed by atoms with E-state index in [-0.39, 0.29) is 70.0 Å². The van der Waals surface area contributed by atoms with Gasteiger partial charge in [-0.1, -0.05) is 13.0 Å². The van der Waals surface area contributed by atoms with E-state index in [0.29, 0.717) is 43.8 Å². The second-order valence-electron chi connectivity index (χ2n) is 16.4. The Hall–Kier alpha value is -5.43. The molecule has 22 heteroatoms. The smallest absolute Gasteiger partial charge is 0.420 e. The third kappa shape index (κ3) is 8.29. The maximum atomic E-state index is 17.4. The van der Waals surface area contributed by atoms with Crippen molar-refractivity contribution in [3.05, 3.63) is 58.5 Å². The molecule has 2 aliphatic carbocycles. The van der Waals surface area contributed by atoms with Crippen LogP contribution in [0.1, 0.15) is 62.1 Å². The first-order chi connectivity index (χ1) is 29.6. The molecule has 336 valence electrons. The summed E-state index contributed by atoms with van der Waals surface area (Å²) in [6.07, 6.45) is -6.91. The van der Waals surface area contributed by atoms with E-state index in [0.717, 1.165) is 44.2 Å². The monoisotopic (exact) mass is 914 g/mol. The van der Waals surface area contributed by atoms with Crippen molar-refractivity contribution in [2.24, 2.45) is 10.8 Å². The molecule has 1 spiro atoms. The van der Waals surface area contributed by atoms with Crippen molar-refractivity contribution in [2.75, 3.05) is 55.8 Å². The molecule has 2 aliphatic heterocycles. The van der Waals surface area contributed by atoms with Gasteiger partial charge in [0.05, 0.1) is 35.0 Å². The number of hydrogen-bond donors (Lipinski definition) is 2. The maximum absolute atomic E-state index is 17.4. The highest BCUT2D eigenvalue weighted by Crippen LogP contribution is 2.66. The Morgan fingerprint density at radius 2 is 1.67 bits per heavy atom. The zero-order chi connectivity index (χ0) is 45.4. The van der Waals surface area contributed by atoms with Gasteiger partial charge in [0.15, 0.2) is 5.82 Å². The quantitative estimate of drug-likeness (QED) is 0.145. The van der Waals surface area contributed by atoms with Crippen molar-refractivity contribution in [2.45, 2.75) is 70.3 Å². The molecule has 3 fully saturated rings. The lowest BCUT2D eigenvalue weighted by Gasteiger charge is -2.34. The number of aromatic nitrogens is 3. The van der Waals surface area contributed by atoms with E-state index in [1.807, 2.05) is 0 Å². The number of piperidine rings is 1. The second-order valence-corrected chi connectivity index (χ2v) is 17.4. The first-order valence-corrected chi connectivity index (χ1v) is 20.5. The number of nitrogen functional groups attached to an aromatic ring is 2. The van der Waals surface area contributed by atoms with Gasteiger partial charge in [-0.05, 0) is 56.5 Å². The molecule has 5 heterocycles. The second kappa shape index (κ2) is 15.7. The molecule has 0 amide bonds. The molecule has 2 aromatic carbocycles. The number of benzene rings is 2. The number of nitrogens with two attached hydrogens (primary N) is 2. The van der Waals surface area contributed by atoms with Crippen LogP contribution >= 0.6 is 11.3 Å². The van der Waals surface area contributed by atoms with Gasteiger partial charge in [0, 0.05) is 53.3 Å². The van der Waals surface area contributed by atoms with Crippen LogP contribution in [-0.2, 0) is 12.7 Å². The number of anilines is 3. The first-order valence-electron chi connectivity index (χ1n) is 19.7. The van der Waals surface area contributed by atoms with Crippen LogP contribution in [-0.4, -0.2) is 71.3 Å². The lowest BCUT2D eigenvalue weighted by atomic mass is 9.91. The van der Waals surface area contributed by atoms with Gasteiger partial charge in [-0.2, -0.15) is 41.6 Å². The lowest BCUT2D eigenvalue weighted by molar-refractivity contribution is -0.138. The van der Waals surface area contributed by atoms with Gasteiger partial charge in [0.25, 0.3) is 5.92 Å². The fourth-order valence-corrected chi connectivity index (χ4v) is 9.30. The van der Waals surface area contributed by atoms with Crippen LogP contribution in [0.15, 0.2) is 24.4 Å². The molecule has 3 aromatic heterocycles. The number of nitriles is 1. The molecule has 0 bridgehead atoms. The normalized spacial score (nSPS) is 18.7. The van der Waals surface area contributed by atoms with Crippen LogP contribution in [0.5, 0.6) is 11.8 Å². The molecular formula is C41H37F11N8O2S. The van der Waals surface area contributed by atoms with Gasteiger partial charge in [0.1, 0.15) is 57.8 Å². The van der Waals surface area contributed by atoms with E-state index in [2.05, 4.69) is 19.9 Å². The summed E-state index contributed by atoms with van der Waals surface area (Å²) in [6.45, 7) is 1.91. The standard InChI is InChI=1S/C38H32F8N8O2S.C3H5F3/c39-19-11-18(31(48)50-13-19)14-54-9-10-55-29-25-28(27(41)24(26(29)38(44,45)46)20-1-2-22(40)30-23(20)21(12-47)32(49)57-30)51-34(52-33(25)54)56-17-35(3-4-35)16-53-7-5-36(6-8-53)15-37(36,42)43;1-2-3(4,5)6/h1-2,11,13H,3-10,14-17,49H2,(H2,48,50);2H2,1H3. The number of nitrogens with zero attached hydrogens (tertiary/aromatic N) is 6. The predicted molar refractivity (Wildman–Crippen MR) is 211 cm³/mol. The van der Waals surface area contributed by atoms with Gasteiger partial charge in [-0.25, -0.2) is 26.9 Å². The Morgan fingerprint density at radius 1 is 0.984 bits per heavy atom. The van der Waals surface area contributed by atoms with Crippen LogP contribution in [0, 0.1) is 39.6 Å². The number of likely N-dealkylation sites (tertiary alicyclic amines) is 1. The van der Waals surface area contributed by atoms with E-state index in [9.17, 15) is 31.6 Å². The summed E-state index contributed by atoms with van der Waals surface area (Å²) in [5.41, 5.74) is 6.88. The molecule has 4 aliphatic rings. The van der Waals surface area contributed by atoms with Crippen molar-refractivity contribution >= 4 is 49.0 Å². The highest BCUT2D eigenvalue weighted by Gasteiger charge is 2.70. The van der Waals surface area contributed by atoms with Crippen LogP contribution in [0.3, 0.4) is 0 Å². The Kier molecular flexibility index (Phi) is 11.0. The van der Waals surface area contributed by atoms with Crippen LogP contribution in [0.2, 0.25) is 0 Å². The highest BCUT2D eigenvalue weighted by molar-refractivity contribution is 7.23. The zero-order valence-corrected chi connectivity index (χ0v) is 34.0. The Balaban J connectivity index is 0.000000849. The fraction of sp³-hybridized carbons (Fsp3) is 0.463. The van der Waals surface area contributed by atoms with E-state index >= 15 is 22.0 Å². The SMILES string of the molecule is CCC(F)(F)F.N#Cc1c(N)sc2c(F)ccc(-c3c(C(F)(F)F)c4c5c(nc(OCC6(CN7CCC8(CC7)CC8(F)F)CC6)nc5c3F)N(Cc3cc(F)cnc3N)CCO4)c12. The van der Waals surface area contributed by atoms with E-state index in [4.69, 9.17) is 20.9 Å². The summed E-state index contributed by atoms with van der Waals surface area (Å²) in [5, 5.41) is 8.99. The van der Waals surface area contributed by atoms with Gasteiger partial charge < -0.3 is 30.7 Å². The zero-order valence-electron chi connectivity index (χ0n) is 33.2. The fourth-order valence-electron chi connectivity index (χ4n) is 8.35. The van der Waals surface area contributed by atoms with Gasteiger partial charge in [-0.15, -0.1) is 11.3 Å². The molecule has 10 nitrogen and oxygen atoms in total. The van der Waals surface area contributed by atoms with Crippen molar-refractivity contribution in [1.29, 1.82) is 5.26 Å². The van der Waals surface area contributed by atoms with Crippen molar-refractivity contribution in [1.82, 2.24) is 19.9 Å². The Morgan fingerprint density at radius 3 is 2.27 bits per heavy atom.